The van der Waals surface area contributed by atoms with E-state index in [2.05, 4.69) is 25.1 Å². The molecule has 0 fully saturated rings. The number of rotatable bonds is 3. The Morgan fingerprint density at radius 2 is 1.78 bits per heavy atom. The van der Waals surface area contributed by atoms with Crippen LogP contribution in [-0.4, -0.2) is 9.94 Å². The zero-order chi connectivity index (χ0) is 12.5. The summed E-state index contributed by atoms with van der Waals surface area (Å²) >= 11 is 0. The molecular weight excluding hydrogens is 222 g/mol. The fourth-order valence-corrected chi connectivity index (χ4v) is 2.54. The van der Waals surface area contributed by atoms with Gasteiger partial charge in [-0.15, -0.1) is 0 Å². The molecule has 3 rings (SSSR count). The highest BCUT2D eigenvalue weighted by molar-refractivity contribution is 6.07. The number of para-hydroxylation sites is 1. The molecule has 3 aromatic rings. The minimum atomic E-state index is 0.875. The summed E-state index contributed by atoms with van der Waals surface area (Å²) in [6, 6.07) is 14.3. The highest BCUT2D eigenvalue weighted by atomic mass is 16.5. The van der Waals surface area contributed by atoms with Crippen LogP contribution in [0.3, 0.4) is 0 Å². The highest BCUT2D eigenvalue weighted by Crippen LogP contribution is 2.28. The van der Waals surface area contributed by atoms with Gasteiger partial charge in [-0.05, 0) is 36.6 Å². The SMILES string of the molecule is CCCCc1ccc2c(c1)c1ccccc1n2O. The average Bonchev–Trinajstić information content (AvgIpc) is 2.71. The van der Waals surface area contributed by atoms with Crippen LogP contribution in [0, 0.1) is 0 Å². The Balaban J connectivity index is 2.23. The molecule has 0 aliphatic rings. The molecule has 0 aliphatic carbocycles. The van der Waals surface area contributed by atoms with Crippen molar-refractivity contribution < 1.29 is 5.21 Å². The van der Waals surface area contributed by atoms with E-state index in [1.165, 1.54) is 23.1 Å². The normalized spacial score (nSPS) is 11.4. The van der Waals surface area contributed by atoms with Crippen molar-refractivity contribution in [3.63, 3.8) is 0 Å². The van der Waals surface area contributed by atoms with Crippen LogP contribution in [0.1, 0.15) is 25.3 Å². The van der Waals surface area contributed by atoms with Crippen molar-refractivity contribution in [1.29, 1.82) is 0 Å². The third-order valence-corrected chi connectivity index (χ3v) is 3.53. The smallest absolute Gasteiger partial charge is 0.0879 e. The minimum absolute atomic E-state index is 0.875. The molecule has 1 heterocycles. The molecule has 2 heteroatoms. The Kier molecular flexibility index (Phi) is 2.71. The fourth-order valence-electron chi connectivity index (χ4n) is 2.54. The van der Waals surface area contributed by atoms with Gasteiger partial charge in [0.25, 0.3) is 0 Å². The van der Waals surface area contributed by atoms with E-state index in [1.807, 2.05) is 24.3 Å². The van der Waals surface area contributed by atoms with E-state index in [-0.39, 0.29) is 0 Å². The lowest BCUT2D eigenvalue weighted by Crippen LogP contribution is -1.89. The van der Waals surface area contributed by atoms with Crippen molar-refractivity contribution in [2.45, 2.75) is 26.2 Å². The van der Waals surface area contributed by atoms with Crippen LogP contribution in [0.15, 0.2) is 42.5 Å². The quantitative estimate of drug-likeness (QED) is 0.674. The number of hydrogen-bond donors (Lipinski definition) is 1. The first-order valence-corrected chi connectivity index (χ1v) is 6.52. The number of aryl methyl sites for hydroxylation is 1. The summed E-state index contributed by atoms with van der Waals surface area (Å²) in [6.45, 7) is 2.21. The molecule has 0 radical (unpaired) electrons. The molecule has 0 unspecified atom stereocenters. The first-order valence-electron chi connectivity index (χ1n) is 6.52. The van der Waals surface area contributed by atoms with E-state index in [0.29, 0.717) is 0 Å². The molecule has 0 amide bonds. The summed E-state index contributed by atoms with van der Waals surface area (Å²) < 4.78 is 1.29. The summed E-state index contributed by atoms with van der Waals surface area (Å²) in [5, 5.41) is 12.4. The Bertz CT molecular complexity index is 697. The molecule has 18 heavy (non-hydrogen) atoms. The molecule has 0 atom stereocenters. The number of nitrogens with zero attached hydrogens (tertiary/aromatic N) is 1. The predicted octanol–water partition coefficient (Wildman–Crippen LogP) is 4.37. The first-order chi connectivity index (χ1) is 8.81. The fraction of sp³-hybridized carbons (Fsp3) is 0.250. The van der Waals surface area contributed by atoms with Gasteiger partial charge in [0, 0.05) is 10.8 Å². The number of benzene rings is 2. The maximum Gasteiger partial charge on any atom is 0.0879 e. The second kappa shape index (κ2) is 4.37. The Morgan fingerprint density at radius 1 is 1.00 bits per heavy atom. The molecule has 0 aliphatic heterocycles. The summed E-state index contributed by atoms with van der Waals surface area (Å²) in [5.74, 6) is 0. The van der Waals surface area contributed by atoms with Crippen LogP contribution in [0.25, 0.3) is 21.8 Å². The van der Waals surface area contributed by atoms with Crippen molar-refractivity contribution in [1.82, 2.24) is 4.73 Å². The van der Waals surface area contributed by atoms with Gasteiger partial charge in [-0.3, -0.25) is 0 Å². The van der Waals surface area contributed by atoms with Gasteiger partial charge in [-0.2, -0.15) is 4.73 Å². The second-order valence-electron chi connectivity index (χ2n) is 4.78. The van der Waals surface area contributed by atoms with E-state index < -0.39 is 0 Å². The highest BCUT2D eigenvalue weighted by Gasteiger charge is 2.09. The van der Waals surface area contributed by atoms with Gasteiger partial charge in [0.15, 0.2) is 0 Å². The number of aromatic nitrogens is 1. The third kappa shape index (κ3) is 1.65. The Labute approximate surface area is 106 Å². The topological polar surface area (TPSA) is 25.2 Å². The van der Waals surface area contributed by atoms with E-state index in [1.54, 1.807) is 0 Å². The summed E-state index contributed by atoms with van der Waals surface area (Å²) in [5.41, 5.74) is 3.11. The van der Waals surface area contributed by atoms with Gasteiger partial charge < -0.3 is 5.21 Å². The first kappa shape index (κ1) is 11.1. The van der Waals surface area contributed by atoms with Crippen molar-refractivity contribution in [2.75, 3.05) is 0 Å². The van der Waals surface area contributed by atoms with E-state index in [0.717, 1.165) is 28.2 Å². The van der Waals surface area contributed by atoms with Gasteiger partial charge in [-0.1, -0.05) is 37.6 Å². The predicted molar refractivity (Wildman–Crippen MR) is 75.2 cm³/mol. The van der Waals surface area contributed by atoms with Crippen LogP contribution in [0.4, 0.5) is 0 Å². The van der Waals surface area contributed by atoms with E-state index >= 15 is 0 Å². The molecule has 92 valence electrons. The number of hydrogen-bond acceptors (Lipinski definition) is 1. The Morgan fingerprint density at radius 3 is 2.61 bits per heavy atom. The van der Waals surface area contributed by atoms with Crippen LogP contribution < -0.4 is 0 Å². The summed E-state index contributed by atoms with van der Waals surface area (Å²) in [4.78, 5) is 0. The lowest BCUT2D eigenvalue weighted by Gasteiger charge is -2.01. The van der Waals surface area contributed by atoms with E-state index in [9.17, 15) is 5.21 Å². The number of fused-ring (bicyclic) bond motifs is 3. The standard InChI is InChI=1S/C16H17NO/c1-2-3-6-12-9-10-16-14(11-12)13-7-4-5-8-15(13)17(16)18/h4-5,7-11,18H,2-3,6H2,1H3. The van der Waals surface area contributed by atoms with Gasteiger partial charge in [-0.25, -0.2) is 0 Å². The van der Waals surface area contributed by atoms with Crippen LogP contribution in [0.5, 0.6) is 0 Å². The van der Waals surface area contributed by atoms with Gasteiger partial charge >= 0.3 is 0 Å². The number of unbranched alkanes of at least 4 members (excludes halogenated alkanes) is 1. The molecule has 2 aromatic carbocycles. The minimum Gasteiger partial charge on any atom is -0.428 e. The van der Waals surface area contributed by atoms with Crippen molar-refractivity contribution >= 4 is 21.8 Å². The maximum atomic E-state index is 10.1. The molecule has 0 bridgehead atoms. The van der Waals surface area contributed by atoms with Crippen molar-refractivity contribution in [3.05, 3.63) is 48.0 Å². The molecule has 1 N–H and O–H groups in total. The molecular formula is C16H17NO. The average molecular weight is 239 g/mol. The zero-order valence-electron chi connectivity index (χ0n) is 10.6. The lowest BCUT2D eigenvalue weighted by atomic mass is 10.1. The van der Waals surface area contributed by atoms with Crippen LogP contribution in [-0.2, 0) is 6.42 Å². The largest absolute Gasteiger partial charge is 0.428 e. The van der Waals surface area contributed by atoms with Crippen molar-refractivity contribution in [3.8, 4) is 0 Å². The Hall–Kier alpha value is -1.96. The van der Waals surface area contributed by atoms with Crippen molar-refractivity contribution in [2.24, 2.45) is 0 Å². The second-order valence-corrected chi connectivity index (χ2v) is 4.78. The molecule has 1 aromatic heterocycles. The zero-order valence-corrected chi connectivity index (χ0v) is 10.6. The summed E-state index contributed by atoms with van der Waals surface area (Å²) in [6.07, 6.45) is 3.53. The third-order valence-electron chi connectivity index (χ3n) is 3.53. The van der Waals surface area contributed by atoms with E-state index in [4.69, 9.17) is 0 Å². The maximum absolute atomic E-state index is 10.1. The van der Waals surface area contributed by atoms with Gasteiger partial charge in [0.1, 0.15) is 0 Å². The molecule has 0 spiro atoms. The van der Waals surface area contributed by atoms with Gasteiger partial charge in [0.05, 0.1) is 11.0 Å². The molecule has 0 saturated carbocycles. The monoisotopic (exact) mass is 239 g/mol. The molecule has 0 saturated heterocycles. The molecule has 2 nitrogen and oxygen atoms in total. The van der Waals surface area contributed by atoms with Crippen LogP contribution in [0.2, 0.25) is 0 Å². The summed E-state index contributed by atoms with van der Waals surface area (Å²) in [7, 11) is 0. The van der Waals surface area contributed by atoms with Crippen LogP contribution >= 0.6 is 0 Å². The lowest BCUT2D eigenvalue weighted by molar-refractivity contribution is 0.213. The van der Waals surface area contributed by atoms with Gasteiger partial charge in [0.2, 0.25) is 0 Å².